The Hall–Kier alpha value is -2.71. The number of aliphatic hydroxyl groups excluding tert-OH is 1. The molecule has 200 valence electrons. The fraction of sp³-hybridized carbons (Fsp3) is 0.621. The van der Waals surface area contributed by atoms with Gasteiger partial charge in [0, 0.05) is 12.6 Å². The lowest BCUT2D eigenvalue weighted by Crippen LogP contribution is -2.59. The third-order valence-electron chi connectivity index (χ3n) is 9.44. The molecule has 5 rings (SSSR count). The smallest absolute Gasteiger partial charge is 0.310 e. The largest absolute Gasteiger partial charge is 0.481 e. The predicted molar refractivity (Wildman–Crippen MR) is 136 cm³/mol. The standard InChI is InChI=1S/C29H38N2O6/c1-3-17-30(20-13-9-6-10-14-20)26(34)24-29-16-15-28(4-2,37-29)23(27(35)36)22(29)25(33)31(24)21(18-32)19-11-7-5-8-12-19/h3,5,7-8,11-12,20-24,32H,1,4,6,9-10,13-18H2,2H3,(H,35,36)/t21-,22+,23-,24?,28+,29?/m1/s1. The van der Waals surface area contributed by atoms with Crippen molar-refractivity contribution in [3.8, 4) is 0 Å². The number of hydrogen-bond acceptors (Lipinski definition) is 5. The average molecular weight is 511 g/mol. The van der Waals surface area contributed by atoms with Crippen LogP contribution in [0.2, 0.25) is 0 Å². The van der Waals surface area contributed by atoms with Crippen LogP contribution in [0.1, 0.15) is 69.9 Å². The summed E-state index contributed by atoms with van der Waals surface area (Å²) in [5, 5.41) is 20.9. The van der Waals surface area contributed by atoms with Crippen LogP contribution < -0.4 is 0 Å². The van der Waals surface area contributed by atoms with Crippen LogP contribution in [0.4, 0.5) is 0 Å². The number of carbonyl (C=O) groups is 3. The van der Waals surface area contributed by atoms with E-state index in [-0.39, 0.29) is 18.6 Å². The van der Waals surface area contributed by atoms with E-state index >= 15 is 0 Å². The summed E-state index contributed by atoms with van der Waals surface area (Å²) in [5.41, 5.74) is -1.50. The molecule has 2 unspecified atom stereocenters. The summed E-state index contributed by atoms with van der Waals surface area (Å²) in [6.07, 6.45) is 8.07. The van der Waals surface area contributed by atoms with Gasteiger partial charge in [-0.25, -0.2) is 0 Å². The fourth-order valence-corrected chi connectivity index (χ4v) is 7.78. The monoisotopic (exact) mass is 510 g/mol. The van der Waals surface area contributed by atoms with Crippen LogP contribution in [-0.4, -0.2) is 74.2 Å². The number of carboxylic acid groups (broad SMARTS) is 1. The second-order valence-corrected chi connectivity index (χ2v) is 11.1. The Morgan fingerprint density at radius 3 is 2.51 bits per heavy atom. The van der Waals surface area contributed by atoms with E-state index in [0.717, 1.165) is 32.1 Å². The third-order valence-corrected chi connectivity index (χ3v) is 9.44. The highest BCUT2D eigenvalue weighted by molar-refractivity contribution is 5.98. The topological polar surface area (TPSA) is 107 Å². The summed E-state index contributed by atoms with van der Waals surface area (Å²) in [4.78, 5) is 44.8. The molecule has 0 aromatic heterocycles. The van der Waals surface area contributed by atoms with Gasteiger partial charge in [-0.05, 0) is 37.7 Å². The molecule has 2 N–H and O–H groups in total. The van der Waals surface area contributed by atoms with E-state index in [0.29, 0.717) is 31.4 Å². The molecule has 1 aromatic carbocycles. The maximum atomic E-state index is 14.6. The first-order valence-corrected chi connectivity index (χ1v) is 13.7. The van der Waals surface area contributed by atoms with E-state index in [9.17, 15) is 24.6 Å². The zero-order valence-corrected chi connectivity index (χ0v) is 21.6. The molecule has 1 spiro atoms. The van der Waals surface area contributed by atoms with Crippen molar-refractivity contribution in [2.24, 2.45) is 11.8 Å². The molecular formula is C29H38N2O6. The van der Waals surface area contributed by atoms with Crippen molar-refractivity contribution >= 4 is 17.8 Å². The van der Waals surface area contributed by atoms with Crippen molar-refractivity contribution in [3.63, 3.8) is 0 Å². The highest BCUT2D eigenvalue weighted by Crippen LogP contribution is 2.65. The summed E-state index contributed by atoms with van der Waals surface area (Å²) in [6, 6.07) is 7.39. The van der Waals surface area contributed by atoms with Gasteiger partial charge in [-0.15, -0.1) is 6.58 Å². The number of hydrogen-bond donors (Lipinski definition) is 2. The Labute approximate surface area is 218 Å². The zero-order valence-electron chi connectivity index (χ0n) is 21.6. The Balaban J connectivity index is 1.64. The summed E-state index contributed by atoms with van der Waals surface area (Å²) < 4.78 is 6.68. The summed E-state index contributed by atoms with van der Waals surface area (Å²) in [6.45, 7) is 5.74. The molecule has 8 heteroatoms. The summed E-state index contributed by atoms with van der Waals surface area (Å²) in [7, 11) is 0. The first-order chi connectivity index (χ1) is 17.8. The lowest BCUT2D eigenvalue weighted by molar-refractivity contribution is -0.161. The van der Waals surface area contributed by atoms with Crippen molar-refractivity contribution in [3.05, 3.63) is 48.6 Å². The Bertz CT molecular complexity index is 1060. The molecule has 1 aliphatic carbocycles. The molecular weight excluding hydrogens is 472 g/mol. The van der Waals surface area contributed by atoms with Gasteiger partial charge in [0.15, 0.2) is 0 Å². The number of aliphatic hydroxyl groups is 1. The van der Waals surface area contributed by atoms with Gasteiger partial charge in [-0.2, -0.15) is 0 Å². The molecule has 4 aliphatic rings. The molecule has 0 radical (unpaired) electrons. The number of nitrogens with zero attached hydrogens (tertiary/aromatic N) is 2. The number of aliphatic carboxylic acids is 1. The second-order valence-electron chi connectivity index (χ2n) is 11.1. The number of ether oxygens (including phenoxy) is 1. The number of likely N-dealkylation sites (tertiary alicyclic amines) is 1. The molecule has 6 atom stereocenters. The first-order valence-electron chi connectivity index (χ1n) is 13.7. The van der Waals surface area contributed by atoms with Crippen LogP contribution in [0.5, 0.6) is 0 Å². The number of amides is 2. The van der Waals surface area contributed by atoms with E-state index in [1.807, 2.05) is 42.2 Å². The molecule has 2 bridgehead atoms. The summed E-state index contributed by atoms with van der Waals surface area (Å²) >= 11 is 0. The van der Waals surface area contributed by atoms with E-state index in [4.69, 9.17) is 4.74 Å². The SMILES string of the molecule is C=CCN(C(=O)C1N([C@H](CO)c2ccccc2)C(=O)[C@@H]2[C@H](C(=O)O)[C@]3(CC)CCC12O3)C1CCCCC1. The van der Waals surface area contributed by atoms with Crippen molar-refractivity contribution in [1.82, 2.24) is 9.80 Å². The maximum Gasteiger partial charge on any atom is 0.310 e. The second kappa shape index (κ2) is 9.87. The fourth-order valence-electron chi connectivity index (χ4n) is 7.78. The molecule has 1 saturated carbocycles. The van der Waals surface area contributed by atoms with Crippen LogP contribution in [0, 0.1) is 11.8 Å². The molecule has 2 amide bonds. The van der Waals surface area contributed by atoms with Gasteiger partial charge >= 0.3 is 5.97 Å². The zero-order chi connectivity index (χ0) is 26.4. The van der Waals surface area contributed by atoms with E-state index in [2.05, 4.69) is 6.58 Å². The van der Waals surface area contributed by atoms with Crippen molar-refractivity contribution in [2.75, 3.05) is 13.2 Å². The van der Waals surface area contributed by atoms with Crippen molar-refractivity contribution < 1.29 is 29.3 Å². The number of benzene rings is 1. The predicted octanol–water partition coefficient (Wildman–Crippen LogP) is 3.31. The van der Waals surface area contributed by atoms with Gasteiger partial charge in [0.2, 0.25) is 11.8 Å². The van der Waals surface area contributed by atoms with Crippen LogP contribution in [0.25, 0.3) is 0 Å². The molecule has 3 heterocycles. The van der Waals surface area contributed by atoms with Gasteiger partial charge in [0.1, 0.15) is 17.6 Å². The van der Waals surface area contributed by atoms with E-state index < -0.39 is 47.0 Å². The molecule has 4 fully saturated rings. The van der Waals surface area contributed by atoms with E-state index in [1.165, 1.54) is 4.90 Å². The van der Waals surface area contributed by atoms with Gasteiger partial charge < -0.3 is 24.7 Å². The van der Waals surface area contributed by atoms with Gasteiger partial charge in [0.25, 0.3) is 0 Å². The minimum Gasteiger partial charge on any atom is -0.481 e. The number of carbonyl (C=O) groups excluding carboxylic acids is 2. The van der Waals surface area contributed by atoms with Crippen LogP contribution in [0.15, 0.2) is 43.0 Å². The molecule has 37 heavy (non-hydrogen) atoms. The van der Waals surface area contributed by atoms with Crippen molar-refractivity contribution in [2.45, 2.75) is 87.6 Å². The number of fused-ring (bicyclic) bond motifs is 1. The maximum absolute atomic E-state index is 14.6. The lowest BCUT2D eigenvalue weighted by Gasteiger charge is -2.42. The Morgan fingerprint density at radius 1 is 1.22 bits per heavy atom. The third kappa shape index (κ3) is 3.83. The van der Waals surface area contributed by atoms with Crippen molar-refractivity contribution in [1.29, 1.82) is 0 Å². The number of rotatable bonds is 9. The molecule has 3 saturated heterocycles. The Kier molecular flexibility index (Phi) is 6.92. The molecule has 1 aromatic rings. The van der Waals surface area contributed by atoms with Gasteiger partial charge in [-0.3, -0.25) is 14.4 Å². The number of carboxylic acids is 1. The normalized spacial score (nSPS) is 33.8. The average Bonchev–Trinajstić information content (AvgIpc) is 3.52. The van der Waals surface area contributed by atoms with Crippen LogP contribution >= 0.6 is 0 Å². The lowest BCUT2D eigenvalue weighted by atomic mass is 9.65. The first kappa shape index (κ1) is 25.9. The minimum absolute atomic E-state index is 0.0324. The molecule has 3 aliphatic heterocycles. The highest BCUT2D eigenvalue weighted by atomic mass is 16.5. The van der Waals surface area contributed by atoms with Crippen LogP contribution in [-0.2, 0) is 19.1 Å². The van der Waals surface area contributed by atoms with E-state index in [1.54, 1.807) is 6.08 Å². The van der Waals surface area contributed by atoms with Gasteiger partial charge in [-0.1, -0.05) is 62.6 Å². The molecule has 8 nitrogen and oxygen atoms in total. The Morgan fingerprint density at radius 2 is 1.92 bits per heavy atom. The van der Waals surface area contributed by atoms with Gasteiger partial charge in [0.05, 0.1) is 24.2 Å². The quantitative estimate of drug-likeness (QED) is 0.494. The minimum atomic E-state index is -1.23. The van der Waals surface area contributed by atoms with Crippen LogP contribution in [0.3, 0.4) is 0 Å². The highest BCUT2D eigenvalue weighted by Gasteiger charge is 2.79. The summed E-state index contributed by atoms with van der Waals surface area (Å²) in [5.74, 6) is -3.70.